The van der Waals surface area contributed by atoms with Gasteiger partial charge in [0.15, 0.2) is 0 Å². The Morgan fingerprint density at radius 2 is 1.80 bits per heavy atom. The Morgan fingerprint density at radius 3 is 2.43 bits per heavy atom. The Kier molecular flexibility index (Phi) is 7.05. The molecule has 35 heavy (non-hydrogen) atoms. The van der Waals surface area contributed by atoms with Crippen molar-refractivity contribution in [3.63, 3.8) is 0 Å². The first-order chi connectivity index (χ1) is 16.6. The van der Waals surface area contributed by atoms with Gasteiger partial charge in [-0.15, -0.1) is 0 Å². The number of carbonyl (C=O) groups is 1. The molecule has 0 unspecified atom stereocenters. The minimum absolute atomic E-state index is 0.139. The molecule has 1 fully saturated rings. The van der Waals surface area contributed by atoms with Crippen LogP contribution in [0.25, 0.3) is 27.7 Å². The van der Waals surface area contributed by atoms with Gasteiger partial charge < -0.3 is 14.1 Å². The normalized spacial score (nSPS) is 15.6. The number of sulfonamides is 1. The standard InChI is InChI=1S/C27H32N2O5S/c1-6-33-25-16-26-23(24(17-34-26)21-8-7-18(2)13-19(21)3)15-22(25)20(4)14-27(30)28-9-11-29(12-10-28)35(5,31)32/h7-8,13-17H,6,9-12H2,1-5H3/b20-14+. The summed E-state index contributed by atoms with van der Waals surface area (Å²) in [7, 11) is -3.25. The van der Waals surface area contributed by atoms with Crippen molar-refractivity contribution in [2.75, 3.05) is 39.0 Å². The Morgan fingerprint density at radius 1 is 1.09 bits per heavy atom. The lowest BCUT2D eigenvalue weighted by molar-refractivity contribution is -0.127. The third-order valence-electron chi connectivity index (χ3n) is 6.43. The summed E-state index contributed by atoms with van der Waals surface area (Å²) in [5.41, 5.74) is 6.80. The highest BCUT2D eigenvalue weighted by molar-refractivity contribution is 7.88. The summed E-state index contributed by atoms with van der Waals surface area (Å²) >= 11 is 0. The average molecular weight is 497 g/mol. The van der Waals surface area contributed by atoms with Gasteiger partial charge in [0, 0.05) is 54.8 Å². The number of piperazine rings is 1. The van der Waals surface area contributed by atoms with Crippen molar-refractivity contribution >= 4 is 32.5 Å². The minimum Gasteiger partial charge on any atom is -0.493 e. The molecule has 0 N–H and O–H groups in total. The molecule has 1 aliphatic rings. The SMILES string of the molecule is CCOc1cc2occ(-c3ccc(C)cc3C)c2cc1/C(C)=C/C(=O)N1CCN(S(C)(=O)=O)CC1. The first-order valence-corrected chi connectivity index (χ1v) is 13.6. The number of hydrogen-bond donors (Lipinski definition) is 0. The fourth-order valence-electron chi connectivity index (χ4n) is 4.56. The number of amides is 1. The summed E-state index contributed by atoms with van der Waals surface area (Å²) in [6, 6.07) is 10.3. The van der Waals surface area contributed by atoms with Crippen LogP contribution >= 0.6 is 0 Å². The van der Waals surface area contributed by atoms with Crippen LogP contribution in [0.4, 0.5) is 0 Å². The van der Waals surface area contributed by atoms with Gasteiger partial charge in [-0.1, -0.05) is 23.8 Å². The van der Waals surface area contributed by atoms with E-state index < -0.39 is 10.0 Å². The molecule has 7 nitrogen and oxygen atoms in total. The molecule has 0 aliphatic carbocycles. The lowest BCUT2D eigenvalue weighted by Crippen LogP contribution is -2.49. The summed E-state index contributed by atoms with van der Waals surface area (Å²) in [6.45, 7) is 9.81. The summed E-state index contributed by atoms with van der Waals surface area (Å²) < 4.78 is 36.7. The van der Waals surface area contributed by atoms with E-state index in [1.54, 1.807) is 17.2 Å². The first-order valence-electron chi connectivity index (χ1n) is 11.8. The number of carbonyl (C=O) groups excluding carboxylic acids is 1. The molecule has 2 aromatic carbocycles. The highest BCUT2D eigenvalue weighted by Gasteiger charge is 2.25. The largest absolute Gasteiger partial charge is 0.493 e. The second-order valence-corrected chi connectivity index (χ2v) is 11.0. The van der Waals surface area contributed by atoms with E-state index in [1.807, 2.05) is 26.0 Å². The molecule has 1 aliphatic heterocycles. The minimum atomic E-state index is -3.25. The van der Waals surface area contributed by atoms with E-state index in [9.17, 15) is 13.2 Å². The smallest absolute Gasteiger partial charge is 0.246 e. The van der Waals surface area contributed by atoms with Crippen molar-refractivity contribution in [2.45, 2.75) is 27.7 Å². The fraction of sp³-hybridized carbons (Fsp3) is 0.370. The van der Waals surface area contributed by atoms with Crippen LogP contribution in [0.5, 0.6) is 5.75 Å². The third kappa shape index (κ3) is 5.28. The Bertz CT molecular complexity index is 1400. The molecule has 3 aromatic rings. The van der Waals surface area contributed by atoms with Crippen LogP contribution in [-0.4, -0.2) is 62.6 Å². The van der Waals surface area contributed by atoms with Crippen molar-refractivity contribution in [3.8, 4) is 16.9 Å². The van der Waals surface area contributed by atoms with Crippen LogP contribution in [0, 0.1) is 13.8 Å². The van der Waals surface area contributed by atoms with Gasteiger partial charge in [-0.2, -0.15) is 4.31 Å². The number of ether oxygens (including phenoxy) is 1. The van der Waals surface area contributed by atoms with Gasteiger partial charge in [0.2, 0.25) is 15.9 Å². The molecule has 0 saturated carbocycles. The molecule has 0 bridgehead atoms. The van der Waals surface area contributed by atoms with E-state index in [-0.39, 0.29) is 5.91 Å². The number of fused-ring (bicyclic) bond motifs is 1. The van der Waals surface area contributed by atoms with Crippen LogP contribution in [0.1, 0.15) is 30.5 Å². The number of furan rings is 1. The van der Waals surface area contributed by atoms with Gasteiger partial charge in [0.05, 0.1) is 19.1 Å². The van der Waals surface area contributed by atoms with Crippen molar-refractivity contribution in [3.05, 3.63) is 59.4 Å². The zero-order valence-electron chi connectivity index (χ0n) is 20.9. The number of aryl methyl sites for hydroxylation is 2. The van der Waals surface area contributed by atoms with Gasteiger partial charge in [0.1, 0.15) is 11.3 Å². The van der Waals surface area contributed by atoms with E-state index in [2.05, 4.69) is 32.0 Å². The molecule has 0 radical (unpaired) electrons. The van der Waals surface area contributed by atoms with Gasteiger partial charge in [-0.25, -0.2) is 8.42 Å². The monoisotopic (exact) mass is 496 g/mol. The van der Waals surface area contributed by atoms with Crippen LogP contribution in [0.2, 0.25) is 0 Å². The van der Waals surface area contributed by atoms with Crippen LogP contribution < -0.4 is 4.74 Å². The average Bonchev–Trinajstić information content (AvgIpc) is 3.21. The Labute approximate surface area is 207 Å². The van der Waals surface area contributed by atoms with Crippen LogP contribution in [0.15, 0.2) is 47.1 Å². The van der Waals surface area contributed by atoms with Gasteiger partial charge >= 0.3 is 0 Å². The Balaban J connectivity index is 1.68. The second kappa shape index (κ2) is 9.87. The molecule has 4 rings (SSSR count). The number of hydrogen-bond acceptors (Lipinski definition) is 5. The Hall–Kier alpha value is -3.10. The number of allylic oxidation sites excluding steroid dienone is 1. The maximum atomic E-state index is 13.0. The van der Waals surface area contributed by atoms with Gasteiger partial charge in [0.25, 0.3) is 0 Å². The fourth-order valence-corrected chi connectivity index (χ4v) is 5.38. The molecule has 8 heteroatoms. The topological polar surface area (TPSA) is 80.1 Å². The van der Waals surface area contributed by atoms with Crippen LogP contribution in [0.3, 0.4) is 0 Å². The summed E-state index contributed by atoms with van der Waals surface area (Å²) in [5, 5.41) is 0.956. The van der Waals surface area contributed by atoms with E-state index in [0.29, 0.717) is 38.5 Å². The number of rotatable bonds is 6. The van der Waals surface area contributed by atoms with Gasteiger partial charge in [-0.05, 0) is 50.5 Å². The maximum absolute atomic E-state index is 13.0. The quantitative estimate of drug-likeness (QED) is 0.465. The zero-order valence-corrected chi connectivity index (χ0v) is 21.7. The highest BCUT2D eigenvalue weighted by Crippen LogP contribution is 2.38. The number of benzene rings is 2. The highest BCUT2D eigenvalue weighted by atomic mass is 32.2. The molecular formula is C27H32N2O5S. The van der Waals surface area contributed by atoms with Crippen LogP contribution in [-0.2, 0) is 14.8 Å². The molecule has 1 amide bonds. The predicted molar refractivity (Wildman–Crippen MR) is 139 cm³/mol. The van der Waals surface area contributed by atoms with E-state index in [1.165, 1.54) is 21.7 Å². The van der Waals surface area contributed by atoms with Crippen molar-refractivity contribution in [2.24, 2.45) is 0 Å². The van der Waals surface area contributed by atoms with Crippen molar-refractivity contribution in [1.29, 1.82) is 0 Å². The summed E-state index contributed by atoms with van der Waals surface area (Å²) in [4.78, 5) is 14.7. The molecule has 0 atom stereocenters. The van der Waals surface area contributed by atoms with E-state index in [0.717, 1.165) is 33.2 Å². The first kappa shape index (κ1) is 25.0. The lowest BCUT2D eigenvalue weighted by atomic mass is 9.96. The van der Waals surface area contributed by atoms with E-state index in [4.69, 9.17) is 9.15 Å². The summed E-state index contributed by atoms with van der Waals surface area (Å²) in [6.07, 6.45) is 4.58. The second-order valence-electron chi connectivity index (χ2n) is 9.06. The zero-order chi connectivity index (χ0) is 25.3. The molecular weight excluding hydrogens is 464 g/mol. The third-order valence-corrected chi connectivity index (χ3v) is 7.73. The van der Waals surface area contributed by atoms with E-state index >= 15 is 0 Å². The maximum Gasteiger partial charge on any atom is 0.246 e. The van der Waals surface area contributed by atoms with Crippen molar-refractivity contribution < 1.29 is 22.4 Å². The lowest BCUT2D eigenvalue weighted by Gasteiger charge is -2.32. The number of nitrogens with zero attached hydrogens (tertiary/aromatic N) is 2. The summed E-state index contributed by atoms with van der Waals surface area (Å²) in [5.74, 6) is 0.518. The predicted octanol–water partition coefficient (Wildman–Crippen LogP) is 4.62. The van der Waals surface area contributed by atoms with Gasteiger partial charge in [-0.3, -0.25) is 4.79 Å². The molecule has 186 valence electrons. The van der Waals surface area contributed by atoms with Crippen molar-refractivity contribution in [1.82, 2.24) is 9.21 Å². The molecule has 2 heterocycles. The molecule has 0 spiro atoms. The molecule has 1 saturated heterocycles. The molecule has 1 aromatic heterocycles.